The maximum atomic E-state index is 13.7. The molecule has 3 amide bonds. The van der Waals surface area contributed by atoms with Gasteiger partial charge in [-0.1, -0.05) is 47.6 Å². The van der Waals surface area contributed by atoms with E-state index in [1.165, 1.54) is 60.8 Å². The summed E-state index contributed by atoms with van der Waals surface area (Å²) in [4.78, 5) is 55.4. The second-order valence-electron chi connectivity index (χ2n) is 24.5. The lowest BCUT2D eigenvalue weighted by Gasteiger charge is -2.32. The van der Waals surface area contributed by atoms with Crippen molar-refractivity contribution in [2.75, 3.05) is 22.1 Å². The molecule has 15 rings (SSSR count). The van der Waals surface area contributed by atoms with E-state index in [2.05, 4.69) is 90.2 Å². The third-order valence-electron chi connectivity index (χ3n) is 15.8. The van der Waals surface area contributed by atoms with E-state index >= 15 is 0 Å². The van der Waals surface area contributed by atoms with Crippen LogP contribution in [0.3, 0.4) is 0 Å². The summed E-state index contributed by atoms with van der Waals surface area (Å²) < 4.78 is 203. The maximum absolute atomic E-state index is 13.7. The van der Waals surface area contributed by atoms with Gasteiger partial charge in [0.25, 0.3) is 11.1 Å². The molecule has 0 unspecified atom stereocenters. The molecular weight excluding hydrogens is 1700 g/mol. The third-order valence-corrected chi connectivity index (χ3v) is 17.7. The van der Waals surface area contributed by atoms with Crippen molar-refractivity contribution in [1.82, 2.24) is 18.9 Å². The number of anilines is 3. The number of carbonyl (C=O) groups is 4. The molecule has 21 nitrogen and oxygen atoms in total. The Balaban J connectivity index is 0.000000186. The van der Waals surface area contributed by atoms with Gasteiger partial charge in [0, 0.05) is 52.5 Å². The maximum Gasteiger partial charge on any atom is 0.586 e. The quantitative estimate of drug-likeness (QED) is 0.0349. The number of aryl methyl sites for hydroxylation is 4. The summed E-state index contributed by atoms with van der Waals surface area (Å²) in [5, 5.41) is 1.38. The molecule has 6 aromatic carbocycles. The van der Waals surface area contributed by atoms with Crippen LogP contribution in [-0.4, -0.2) is 90.7 Å². The highest BCUT2D eigenvalue weighted by Crippen LogP contribution is 2.48. The highest BCUT2D eigenvalue weighted by Gasteiger charge is 2.52. The lowest BCUT2D eigenvalue weighted by atomic mass is 9.80. The minimum Gasteiger partial charge on any atom is -0.399 e. The number of alkyl halides is 10. The zero-order chi connectivity index (χ0) is 82.0. The van der Waals surface area contributed by atoms with Gasteiger partial charge >= 0.3 is 32.3 Å². The predicted octanol–water partition coefficient (Wildman–Crippen LogP) is 19.1. The SMILES string of the molecule is C.CC1(C)OB(c2ccc(N)nc2)OC1(C)C.Cc1cc2c(cc1-c1ccc(N)nc1)OC(F)(F)O2.Cc1cc2c(cc1-c1ccc(NC(=O)c3c(F)cccc3F)nc1)OC(F)(F)O2.Cc1cc2c(cc1Br)OC(F)(F)O2.Cc1ccc2c(c1)OC(F)(F)O2.ClCCl.O=C(Cl)c1c(F)cccc1F.O=C1CCC(=O)N1Br. The second kappa shape index (κ2) is 36.7. The molecule has 0 spiro atoms. The minimum absolute atomic E-state index is 0. The van der Waals surface area contributed by atoms with Gasteiger partial charge in [0.05, 0.1) is 32.7 Å². The van der Waals surface area contributed by atoms with Crippen molar-refractivity contribution in [3.05, 3.63) is 207 Å². The molecule has 5 N–H and O–H groups in total. The molecule has 596 valence electrons. The number of imide groups is 1. The fraction of sp³-hybridized carbons (Fsp3) is 0.247. The average molecular weight is 1770 g/mol. The summed E-state index contributed by atoms with van der Waals surface area (Å²) >= 11 is 20.4. The molecule has 9 heterocycles. The van der Waals surface area contributed by atoms with E-state index in [-0.39, 0.29) is 94.7 Å². The van der Waals surface area contributed by atoms with Crippen molar-refractivity contribution in [2.24, 2.45) is 0 Å². The van der Waals surface area contributed by atoms with Crippen molar-refractivity contribution in [3.8, 4) is 68.2 Å². The van der Waals surface area contributed by atoms with E-state index in [4.69, 9.17) is 55.6 Å². The number of nitrogens with zero attached hydrogens (tertiary/aromatic N) is 4. The van der Waals surface area contributed by atoms with Crippen LogP contribution < -0.4 is 60.1 Å². The molecule has 9 aromatic rings. The summed E-state index contributed by atoms with van der Waals surface area (Å²) in [7, 11) is -0.363. The van der Waals surface area contributed by atoms with Gasteiger partial charge in [-0.3, -0.25) is 19.2 Å². The fourth-order valence-corrected chi connectivity index (χ4v) is 10.7. The van der Waals surface area contributed by atoms with Crippen LogP contribution in [0.1, 0.15) is 90.9 Å². The molecular formula is C73H63BBr2Cl3F12N7O14. The van der Waals surface area contributed by atoms with Crippen LogP contribution in [0.2, 0.25) is 0 Å². The van der Waals surface area contributed by atoms with E-state index in [1.54, 1.807) is 70.4 Å². The molecule has 2 fully saturated rings. The molecule has 6 aliphatic heterocycles. The average Bonchev–Trinajstić information content (AvgIpc) is 1.64. The van der Waals surface area contributed by atoms with E-state index in [0.29, 0.717) is 45.6 Å². The summed E-state index contributed by atoms with van der Waals surface area (Å²) in [6.07, 6.45) is -9.00. The van der Waals surface area contributed by atoms with Gasteiger partial charge in [0.15, 0.2) is 46.0 Å². The van der Waals surface area contributed by atoms with Crippen LogP contribution in [0.25, 0.3) is 22.3 Å². The zero-order valence-corrected chi connectivity index (χ0v) is 64.1. The number of hydrogen-bond acceptors (Lipinski definition) is 19. The number of carbonyl (C=O) groups excluding carboxylic acids is 4. The van der Waals surface area contributed by atoms with Crippen LogP contribution in [-0.2, 0) is 18.9 Å². The number of aromatic nitrogens is 3. The summed E-state index contributed by atoms with van der Waals surface area (Å²) in [5.74, 6) is -3.99. The Morgan fingerprint density at radius 1 is 0.509 bits per heavy atom. The van der Waals surface area contributed by atoms with Crippen LogP contribution in [0.4, 0.5) is 70.1 Å². The molecule has 112 heavy (non-hydrogen) atoms. The van der Waals surface area contributed by atoms with Crippen molar-refractivity contribution in [2.45, 2.75) is 112 Å². The largest absolute Gasteiger partial charge is 0.586 e. The number of fused-ring (bicyclic) bond motifs is 4. The molecule has 0 aliphatic carbocycles. The number of nitrogen functional groups attached to an aromatic ring is 2. The van der Waals surface area contributed by atoms with Crippen molar-refractivity contribution >= 4 is 120 Å². The third kappa shape index (κ3) is 23.3. The molecule has 3 aromatic heterocycles. The van der Waals surface area contributed by atoms with Crippen LogP contribution in [0, 0.1) is 51.0 Å². The molecule has 0 bridgehead atoms. The number of pyridine rings is 3. The molecule has 0 atom stereocenters. The first-order chi connectivity index (χ1) is 51.8. The van der Waals surface area contributed by atoms with Gasteiger partial charge in [0.1, 0.15) is 51.8 Å². The van der Waals surface area contributed by atoms with Crippen molar-refractivity contribution in [1.29, 1.82) is 0 Å². The summed E-state index contributed by atoms with van der Waals surface area (Å²) in [6, 6.07) is 29.7. The van der Waals surface area contributed by atoms with E-state index in [1.807, 2.05) is 33.8 Å². The van der Waals surface area contributed by atoms with Gasteiger partial charge < -0.3 is 64.0 Å². The number of amides is 3. The van der Waals surface area contributed by atoms with Crippen molar-refractivity contribution in [3.63, 3.8) is 0 Å². The van der Waals surface area contributed by atoms with Crippen LogP contribution in [0.5, 0.6) is 46.0 Å². The van der Waals surface area contributed by atoms with Gasteiger partial charge in [0.2, 0.25) is 11.8 Å². The lowest BCUT2D eigenvalue weighted by molar-refractivity contribution is -0.287. The van der Waals surface area contributed by atoms with Crippen LogP contribution in [0.15, 0.2) is 150 Å². The number of rotatable bonds is 6. The van der Waals surface area contributed by atoms with Gasteiger partial charge in [-0.25, -0.2) is 36.4 Å². The molecule has 6 aliphatic rings. The van der Waals surface area contributed by atoms with Crippen LogP contribution >= 0.6 is 66.9 Å². The first kappa shape index (κ1) is 89.2. The number of halogens is 17. The predicted molar refractivity (Wildman–Crippen MR) is 397 cm³/mol. The van der Waals surface area contributed by atoms with Gasteiger partial charge in [-0.2, -0.15) is 0 Å². The van der Waals surface area contributed by atoms with E-state index in [9.17, 15) is 71.9 Å². The zero-order valence-electron chi connectivity index (χ0n) is 58.6. The number of ether oxygens (including phenoxy) is 8. The fourth-order valence-electron chi connectivity index (χ4n) is 9.80. The molecule has 39 heteroatoms. The highest BCUT2D eigenvalue weighted by molar-refractivity contribution is 9.10. The Morgan fingerprint density at radius 2 is 0.875 bits per heavy atom. The highest BCUT2D eigenvalue weighted by atomic mass is 79.9. The second-order valence-corrected chi connectivity index (χ2v) is 27.2. The normalized spacial score (nSPS) is 16.0. The standard InChI is InChI=1S/C20H12F4N2O3.C13H10F2N2O2.C11H17BN2O2.C8H5BrF2O2.C8H6F2O2.C7H3ClF2O.C4H4BrNO2.CH2Cl2.CH4/c1-10-7-15-16(29-20(23,24)28-15)8-12(10)11-5-6-17(25-9-11)26-19(27)18-13(21)3-2-4-14(18)22;1-7-4-10-11(19-13(14,15)18-10)5-9(7)8-2-3-12(16)17-6-8;1-10(2)11(3,4)16-12(15-10)8-5-6-9(13)14-7-8;1-4-2-6-7(3-5(4)9)13-8(10,11)12-6;1-5-2-3-6-7(4-5)12-8(9,10)11-6;8-7(11)6-4(9)2-1-3-5(6)10;5-6-3(7)1-2-4(6)8;2-1-3;/h2-9H,1H3,(H,25,26,27);2-6H,1H3,(H2,16,17);5-7H,1-4H3,(H2,13,14);2-3H,1H3;2-4H,1H3;1-3H;1-2H2;1H2;1H4. The number of nitrogens with two attached hydrogens (primary N) is 2. The number of hydrogen-bond donors (Lipinski definition) is 3. The first-order valence-electron chi connectivity index (χ1n) is 31.8. The van der Waals surface area contributed by atoms with Crippen molar-refractivity contribution < 1.29 is 119 Å². The number of nitrogens with one attached hydrogen (secondary N) is 1. The Bertz CT molecular complexity index is 4820. The van der Waals surface area contributed by atoms with E-state index < -0.39 is 70.7 Å². The molecule has 2 saturated heterocycles. The monoisotopic (exact) mass is 1760 g/mol. The Labute approximate surface area is 663 Å². The summed E-state index contributed by atoms with van der Waals surface area (Å²) in [6.45, 7) is 15.2. The Kier molecular flexibility index (Phi) is 29.2. The molecule has 0 radical (unpaired) electrons. The Hall–Kier alpha value is -9.98. The minimum atomic E-state index is -3.72. The summed E-state index contributed by atoms with van der Waals surface area (Å²) in [5.41, 5.74) is 15.6. The smallest absolute Gasteiger partial charge is 0.399 e. The van der Waals surface area contributed by atoms with Gasteiger partial charge in [-0.05, 0) is 203 Å². The topological polar surface area (TPSA) is 267 Å². The Morgan fingerprint density at radius 3 is 1.24 bits per heavy atom. The first-order valence-corrected chi connectivity index (χ1v) is 34.8. The molecule has 0 saturated carbocycles. The van der Waals surface area contributed by atoms with Gasteiger partial charge in [-0.15, -0.1) is 58.3 Å². The number of benzene rings is 6. The van der Waals surface area contributed by atoms with E-state index in [0.717, 1.165) is 73.6 Å². The lowest BCUT2D eigenvalue weighted by Crippen LogP contribution is -2.41.